The van der Waals surface area contributed by atoms with Gasteiger partial charge in [-0.25, -0.2) is 4.79 Å². The van der Waals surface area contributed by atoms with Gasteiger partial charge in [0.25, 0.3) is 0 Å². The zero-order valence-electron chi connectivity index (χ0n) is 13.5. The Balaban J connectivity index is 1.84. The summed E-state index contributed by atoms with van der Waals surface area (Å²) in [4.78, 5) is 36.8. The zero-order chi connectivity index (χ0) is 17.7. The molecule has 0 spiro atoms. The highest BCUT2D eigenvalue weighted by Crippen LogP contribution is 2.22. The SMILES string of the molecule is Cc1c(Cl)cccc1NC(=O)CNC(=O)[C@@H]1CCCN(C(N)=O)C1. The molecule has 2 rings (SSSR count). The Hall–Kier alpha value is -2.28. The Labute approximate surface area is 145 Å². The highest BCUT2D eigenvalue weighted by molar-refractivity contribution is 6.31. The second-order valence-corrected chi connectivity index (χ2v) is 6.21. The maximum Gasteiger partial charge on any atom is 0.314 e. The van der Waals surface area contributed by atoms with Crippen LogP contribution in [-0.4, -0.2) is 42.4 Å². The summed E-state index contributed by atoms with van der Waals surface area (Å²) in [6.07, 6.45) is 1.39. The number of carbonyl (C=O) groups is 3. The molecule has 1 fully saturated rings. The van der Waals surface area contributed by atoms with E-state index in [1.807, 2.05) is 0 Å². The van der Waals surface area contributed by atoms with Crippen molar-refractivity contribution in [3.63, 3.8) is 0 Å². The Bertz CT molecular complexity index is 650. The van der Waals surface area contributed by atoms with Crippen LogP contribution in [0.2, 0.25) is 5.02 Å². The van der Waals surface area contributed by atoms with Gasteiger partial charge in [-0.3, -0.25) is 9.59 Å². The Morgan fingerprint density at radius 2 is 2.12 bits per heavy atom. The number of anilines is 1. The number of carbonyl (C=O) groups excluding carboxylic acids is 3. The second-order valence-electron chi connectivity index (χ2n) is 5.80. The number of halogens is 1. The van der Waals surface area contributed by atoms with Gasteiger partial charge in [-0.15, -0.1) is 0 Å². The van der Waals surface area contributed by atoms with Gasteiger partial charge in [0.15, 0.2) is 0 Å². The van der Waals surface area contributed by atoms with Crippen LogP contribution in [0.5, 0.6) is 0 Å². The molecule has 0 saturated carbocycles. The molecule has 7 nitrogen and oxygen atoms in total. The molecule has 0 radical (unpaired) electrons. The van der Waals surface area contributed by atoms with Crippen LogP contribution in [0.1, 0.15) is 18.4 Å². The molecule has 0 bridgehead atoms. The number of nitrogens with two attached hydrogens (primary N) is 1. The number of urea groups is 1. The van der Waals surface area contributed by atoms with Crippen molar-refractivity contribution in [3.8, 4) is 0 Å². The summed E-state index contributed by atoms with van der Waals surface area (Å²) in [6.45, 7) is 2.51. The van der Waals surface area contributed by atoms with E-state index >= 15 is 0 Å². The predicted molar refractivity (Wildman–Crippen MR) is 91.7 cm³/mol. The van der Waals surface area contributed by atoms with Crippen LogP contribution >= 0.6 is 11.6 Å². The van der Waals surface area contributed by atoms with Crippen molar-refractivity contribution in [2.45, 2.75) is 19.8 Å². The highest BCUT2D eigenvalue weighted by Gasteiger charge is 2.27. The number of nitrogens with one attached hydrogen (secondary N) is 2. The van der Waals surface area contributed by atoms with Gasteiger partial charge >= 0.3 is 6.03 Å². The number of piperidine rings is 1. The largest absolute Gasteiger partial charge is 0.351 e. The first-order valence-electron chi connectivity index (χ1n) is 7.75. The average Bonchev–Trinajstić information content (AvgIpc) is 2.57. The molecule has 1 aromatic carbocycles. The van der Waals surface area contributed by atoms with Gasteiger partial charge in [0.1, 0.15) is 0 Å². The average molecular weight is 353 g/mol. The first-order chi connectivity index (χ1) is 11.4. The van der Waals surface area contributed by atoms with Crippen LogP contribution in [0, 0.1) is 12.8 Å². The monoisotopic (exact) mass is 352 g/mol. The van der Waals surface area contributed by atoms with Crippen molar-refractivity contribution < 1.29 is 14.4 Å². The summed E-state index contributed by atoms with van der Waals surface area (Å²) < 4.78 is 0. The lowest BCUT2D eigenvalue weighted by molar-refractivity contribution is -0.128. The van der Waals surface area contributed by atoms with E-state index in [0.717, 1.165) is 12.0 Å². The third-order valence-electron chi connectivity index (χ3n) is 4.07. The summed E-state index contributed by atoms with van der Waals surface area (Å²) in [5.41, 5.74) is 6.62. The van der Waals surface area contributed by atoms with Gasteiger partial charge in [-0.05, 0) is 37.5 Å². The van der Waals surface area contributed by atoms with Gasteiger partial charge in [-0.1, -0.05) is 17.7 Å². The number of nitrogens with zero attached hydrogens (tertiary/aromatic N) is 1. The van der Waals surface area contributed by atoms with E-state index in [-0.39, 0.29) is 30.8 Å². The minimum Gasteiger partial charge on any atom is -0.351 e. The van der Waals surface area contributed by atoms with Gasteiger partial charge in [-0.2, -0.15) is 0 Å². The Morgan fingerprint density at radius 1 is 1.38 bits per heavy atom. The van der Waals surface area contributed by atoms with Gasteiger partial charge in [0.05, 0.1) is 12.5 Å². The molecule has 1 saturated heterocycles. The van der Waals surface area contributed by atoms with Crippen LogP contribution in [0.3, 0.4) is 0 Å². The van der Waals surface area contributed by atoms with Crippen LogP contribution in [0.15, 0.2) is 18.2 Å². The Kier molecular flexibility index (Phi) is 6.03. The molecule has 4 N–H and O–H groups in total. The van der Waals surface area contributed by atoms with Crippen molar-refractivity contribution in [3.05, 3.63) is 28.8 Å². The summed E-state index contributed by atoms with van der Waals surface area (Å²) >= 11 is 6.00. The van der Waals surface area contributed by atoms with Crippen molar-refractivity contribution in [1.82, 2.24) is 10.2 Å². The first kappa shape index (κ1) is 18.1. The predicted octanol–water partition coefficient (Wildman–Crippen LogP) is 1.49. The molecule has 0 unspecified atom stereocenters. The van der Waals surface area contributed by atoms with Crippen molar-refractivity contribution in [1.29, 1.82) is 0 Å². The minimum atomic E-state index is -0.526. The first-order valence-corrected chi connectivity index (χ1v) is 8.13. The fourth-order valence-electron chi connectivity index (χ4n) is 2.64. The van der Waals surface area contributed by atoms with Crippen LogP contribution < -0.4 is 16.4 Å². The lowest BCUT2D eigenvalue weighted by Crippen LogP contribution is -2.48. The number of primary amides is 1. The second kappa shape index (κ2) is 8.01. The molecule has 1 heterocycles. The number of likely N-dealkylation sites (tertiary alicyclic amines) is 1. The lowest BCUT2D eigenvalue weighted by atomic mass is 9.97. The summed E-state index contributed by atoms with van der Waals surface area (Å²) in [5.74, 6) is -0.929. The molecular weight excluding hydrogens is 332 g/mol. The van der Waals surface area contributed by atoms with E-state index in [9.17, 15) is 14.4 Å². The fraction of sp³-hybridized carbons (Fsp3) is 0.438. The van der Waals surface area contributed by atoms with E-state index in [2.05, 4.69) is 10.6 Å². The van der Waals surface area contributed by atoms with Crippen molar-refractivity contribution in [2.75, 3.05) is 25.0 Å². The van der Waals surface area contributed by atoms with Gasteiger partial charge in [0, 0.05) is 23.8 Å². The fourth-order valence-corrected chi connectivity index (χ4v) is 2.81. The molecule has 4 amide bonds. The quantitative estimate of drug-likeness (QED) is 0.764. The third kappa shape index (κ3) is 4.61. The van der Waals surface area contributed by atoms with Gasteiger partial charge < -0.3 is 21.3 Å². The molecule has 0 aromatic heterocycles. The minimum absolute atomic E-state index is 0.141. The van der Waals surface area contributed by atoms with Crippen molar-refractivity contribution in [2.24, 2.45) is 11.7 Å². The maximum atomic E-state index is 12.2. The van der Waals surface area contributed by atoms with E-state index in [0.29, 0.717) is 23.7 Å². The van der Waals surface area contributed by atoms with E-state index in [4.69, 9.17) is 17.3 Å². The van der Waals surface area contributed by atoms with Crippen LogP contribution in [0.4, 0.5) is 10.5 Å². The number of amides is 4. The van der Waals surface area contributed by atoms with Gasteiger partial charge in [0.2, 0.25) is 11.8 Å². The molecule has 1 aromatic rings. The number of hydrogen-bond donors (Lipinski definition) is 3. The standard InChI is InChI=1S/C16H21ClN4O3/c1-10-12(17)5-2-6-13(10)20-14(22)8-19-15(23)11-4-3-7-21(9-11)16(18)24/h2,5-6,11H,3-4,7-9H2,1H3,(H2,18,24)(H,19,23)(H,20,22)/t11-/m1/s1. The molecule has 1 aliphatic rings. The smallest absolute Gasteiger partial charge is 0.314 e. The number of rotatable bonds is 4. The topological polar surface area (TPSA) is 105 Å². The molecule has 0 aliphatic carbocycles. The molecule has 1 aliphatic heterocycles. The lowest BCUT2D eigenvalue weighted by Gasteiger charge is -2.30. The Morgan fingerprint density at radius 3 is 2.83 bits per heavy atom. The third-order valence-corrected chi connectivity index (χ3v) is 4.48. The maximum absolute atomic E-state index is 12.2. The normalized spacial score (nSPS) is 17.2. The summed E-state index contributed by atoms with van der Waals surface area (Å²) in [6, 6.07) is 4.69. The van der Waals surface area contributed by atoms with Crippen molar-refractivity contribution >= 4 is 35.1 Å². The van der Waals surface area contributed by atoms with Crippen LogP contribution in [0.25, 0.3) is 0 Å². The molecule has 1 atom stereocenters. The highest BCUT2D eigenvalue weighted by atomic mass is 35.5. The molecule has 24 heavy (non-hydrogen) atoms. The molecule has 8 heteroatoms. The number of benzene rings is 1. The summed E-state index contributed by atoms with van der Waals surface area (Å²) in [7, 11) is 0. The number of hydrogen-bond acceptors (Lipinski definition) is 3. The van der Waals surface area contributed by atoms with Crippen LogP contribution in [-0.2, 0) is 9.59 Å². The van der Waals surface area contributed by atoms with E-state index in [1.165, 1.54) is 4.90 Å². The zero-order valence-corrected chi connectivity index (χ0v) is 14.2. The van der Waals surface area contributed by atoms with E-state index in [1.54, 1.807) is 25.1 Å². The molecular formula is C16H21ClN4O3. The van der Waals surface area contributed by atoms with E-state index < -0.39 is 6.03 Å². The molecule has 130 valence electrons. The summed E-state index contributed by atoms with van der Waals surface area (Å²) in [5, 5.41) is 5.88.